The van der Waals surface area contributed by atoms with E-state index >= 15 is 0 Å². The summed E-state index contributed by atoms with van der Waals surface area (Å²) in [7, 11) is 0. The molecule has 1 aromatic heterocycles. The number of aromatic nitrogens is 2. The number of ether oxygens (including phenoxy) is 1. The predicted octanol–water partition coefficient (Wildman–Crippen LogP) is 2.23. The minimum absolute atomic E-state index is 0.331. The summed E-state index contributed by atoms with van der Waals surface area (Å²) < 4.78 is 5.52. The van der Waals surface area contributed by atoms with Crippen LogP contribution in [0.5, 0.6) is 0 Å². The van der Waals surface area contributed by atoms with Crippen LogP contribution in [0.4, 0.5) is 5.82 Å². The van der Waals surface area contributed by atoms with E-state index in [0.717, 1.165) is 41.8 Å². The Morgan fingerprint density at radius 3 is 3.11 bits per heavy atom. The van der Waals surface area contributed by atoms with Crippen LogP contribution in [0.15, 0.2) is 30.6 Å². The summed E-state index contributed by atoms with van der Waals surface area (Å²) in [5, 5.41) is 1.98. The maximum Gasteiger partial charge on any atom is 0.140 e. The van der Waals surface area contributed by atoms with Gasteiger partial charge in [0.15, 0.2) is 0 Å². The number of rotatable bonds is 2. The van der Waals surface area contributed by atoms with Crippen molar-refractivity contribution in [2.75, 3.05) is 30.0 Å². The average Bonchev–Trinajstić information content (AvgIpc) is 2.46. The summed E-state index contributed by atoms with van der Waals surface area (Å²) in [4.78, 5) is 11.1. The van der Waals surface area contributed by atoms with Gasteiger partial charge in [-0.05, 0) is 12.1 Å². The summed E-state index contributed by atoms with van der Waals surface area (Å²) >= 11 is 3.55. The number of anilines is 1. The maximum atomic E-state index is 5.52. The summed E-state index contributed by atoms with van der Waals surface area (Å²) in [6, 6.07) is 8.45. The fourth-order valence-electron chi connectivity index (χ4n) is 2.28. The second-order valence-electron chi connectivity index (χ2n) is 4.29. The number of hydrogen-bond donors (Lipinski definition) is 0. The monoisotopic (exact) mass is 307 g/mol. The van der Waals surface area contributed by atoms with E-state index in [-0.39, 0.29) is 0 Å². The highest BCUT2D eigenvalue weighted by Crippen LogP contribution is 2.26. The quantitative estimate of drug-likeness (QED) is 0.798. The Bertz CT molecular complexity index is 543. The Morgan fingerprint density at radius 2 is 2.22 bits per heavy atom. The Balaban J connectivity index is 2.07. The van der Waals surface area contributed by atoms with Gasteiger partial charge >= 0.3 is 0 Å². The Labute approximate surface area is 114 Å². The van der Waals surface area contributed by atoms with Gasteiger partial charge in [0.05, 0.1) is 24.8 Å². The zero-order valence-corrected chi connectivity index (χ0v) is 11.5. The van der Waals surface area contributed by atoms with Crippen molar-refractivity contribution in [3.63, 3.8) is 0 Å². The van der Waals surface area contributed by atoms with Gasteiger partial charge < -0.3 is 9.64 Å². The normalized spacial score (nSPS) is 20.3. The fraction of sp³-hybridized carbons (Fsp3) is 0.385. The van der Waals surface area contributed by atoms with Crippen LogP contribution in [0, 0.1) is 0 Å². The van der Waals surface area contributed by atoms with Crippen molar-refractivity contribution in [1.82, 2.24) is 9.97 Å². The first-order valence-electron chi connectivity index (χ1n) is 6.00. The van der Waals surface area contributed by atoms with Crippen LogP contribution >= 0.6 is 15.9 Å². The van der Waals surface area contributed by atoms with Crippen LogP contribution in [0.2, 0.25) is 0 Å². The van der Waals surface area contributed by atoms with E-state index < -0.39 is 0 Å². The molecule has 1 aliphatic heterocycles. The summed E-state index contributed by atoms with van der Waals surface area (Å²) in [5.74, 6) is 1.01. The molecule has 0 N–H and O–H groups in total. The molecule has 5 heteroatoms. The lowest BCUT2D eigenvalue weighted by molar-refractivity contribution is 0.100. The van der Waals surface area contributed by atoms with Crippen LogP contribution in [-0.2, 0) is 4.74 Å². The number of para-hydroxylation sites is 1. The average molecular weight is 308 g/mol. The second-order valence-corrected chi connectivity index (χ2v) is 4.94. The van der Waals surface area contributed by atoms with Gasteiger partial charge in [-0.1, -0.05) is 28.1 Å². The lowest BCUT2D eigenvalue weighted by Crippen LogP contribution is -2.47. The van der Waals surface area contributed by atoms with Gasteiger partial charge in [0.25, 0.3) is 0 Å². The molecule has 0 spiro atoms. The van der Waals surface area contributed by atoms with Gasteiger partial charge in [0.1, 0.15) is 12.1 Å². The highest BCUT2D eigenvalue weighted by Gasteiger charge is 2.24. The first-order valence-corrected chi connectivity index (χ1v) is 7.12. The molecule has 2 aromatic rings. The standard InChI is InChI=1S/C13H14BrN3O/c14-7-10-8-18-6-5-17(10)13-11-3-1-2-4-12(11)15-9-16-13/h1-4,9-10H,5-8H2. The molecule has 2 heterocycles. The van der Waals surface area contributed by atoms with Gasteiger partial charge in [-0.15, -0.1) is 0 Å². The maximum absolute atomic E-state index is 5.52. The summed E-state index contributed by atoms with van der Waals surface area (Å²) in [6.45, 7) is 2.36. The molecule has 1 aromatic carbocycles. The van der Waals surface area contributed by atoms with Gasteiger partial charge in [-0.3, -0.25) is 0 Å². The Hall–Kier alpha value is -1.20. The molecule has 1 fully saturated rings. The zero-order chi connectivity index (χ0) is 12.4. The first-order chi connectivity index (χ1) is 8.90. The van der Waals surface area contributed by atoms with E-state index in [1.165, 1.54) is 0 Å². The molecule has 1 unspecified atom stereocenters. The lowest BCUT2D eigenvalue weighted by Gasteiger charge is -2.35. The van der Waals surface area contributed by atoms with Crippen LogP contribution in [-0.4, -0.2) is 41.1 Å². The largest absolute Gasteiger partial charge is 0.377 e. The number of morpholine rings is 1. The molecule has 3 rings (SSSR count). The van der Waals surface area contributed by atoms with Gasteiger partial charge in [-0.2, -0.15) is 0 Å². The summed E-state index contributed by atoms with van der Waals surface area (Å²) in [6.07, 6.45) is 1.64. The molecule has 4 nitrogen and oxygen atoms in total. The van der Waals surface area contributed by atoms with Crippen molar-refractivity contribution in [2.45, 2.75) is 6.04 Å². The van der Waals surface area contributed by atoms with Gasteiger partial charge in [0, 0.05) is 17.3 Å². The molecule has 0 amide bonds. The molecule has 0 radical (unpaired) electrons. The minimum atomic E-state index is 0.331. The van der Waals surface area contributed by atoms with Gasteiger partial charge in [-0.25, -0.2) is 9.97 Å². The second kappa shape index (κ2) is 5.20. The SMILES string of the molecule is BrCC1COCCN1c1ncnc2ccccc12. The zero-order valence-electron chi connectivity index (χ0n) is 9.92. The minimum Gasteiger partial charge on any atom is -0.377 e. The highest BCUT2D eigenvalue weighted by molar-refractivity contribution is 9.09. The molecule has 18 heavy (non-hydrogen) atoms. The van der Waals surface area contributed by atoms with Crippen LogP contribution < -0.4 is 4.90 Å². The highest BCUT2D eigenvalue weighted by atomic mass is 79.9. The van der Waals surface area contributed by atoms with E-state index in [1.807, 2.05) is 18.2 Å². The molecule has 0 bridgehead atoms. The van der Waals surface area contributed by atoms with E-state index in [2.05, 4.69) is 36.9 Å². The molecule has 1 atom stereocenters. The molecule has 1 aliphatic rings. The number of hydrogen-bond acceptors (Lipinski definition) is 4. The third-order valence-corrected chi connectivity index (χ3v) is 3.95. The van der Waals surface area contributed by atoms with E-state index in [1.54, 1.807) is 6.33 Å². The smallest absolute Gasteiger partial charge is 0.140 e. The number of alkyl halides is 1. The van der Waals surface area contributed by atoms with E-state index in [4.69, 9.17) is 4.74 Å². The van der Waals surface area contributed by atoms with Crippen molar-refractivity contribution in [2.24, 2.45) is 0 Å². The Morgan fingerprint density at radius 1 is 1.33 bits per heavy atom. The van der Waals surface area contributed by atoms with Crippen LogP contribution in [0.3, 0.4) is 0 Å². The number of benzene rings is 1. The van der Waals surface area contributed by atoms with E-state index in [9.17, 15) is 0 Å². The van der Waals surface area contributed by atoms with Crippen LogP contribution in [0.1, 0.15) is 0 Å². The van der Waals surface area contributed by atoms with Gasteiger partial charge in [0.2, 0.25) is 0 Å². The predicted molar refractivity (Wildman–Crippen MR) is 75.3 cm³/mol. The number of fused-ring (bicyclic) bond motifs is 1. The van der Waals surface area contributed by atoms with Crippen molar-refractivity contribution < 1.29 is 4.74 Å². The molecule has 0 saturated carbocycles. The third-order valence-electron chi connectivity index (χ3n) is 3.20. The van der Waals surface area contributed by atoms with E-state index in [0.29, 0.717) is 6.04 Å². The molecule has 94 valence electrons. The lowest BCUT2D eigenvalue weighted by atomic mass is 10.2. The van der Waals surface area contributed by atoms with Crippen molar-refractivity contribution in [3.8, 4) is 0 Å². The molecular formula is C13H14BrN3O. The molecule has 1 saturated heterocycles. The molecule has 0 aliphatic carbocycles. The number of halogens is 1. The third kappa shape index (κ3) is 2.08. The first kappa shape index (κ1) is 11.9. The molecular weight excluding hydrogens is 294 g/mol. The number of nitrogens with zero attached hydrogens (tertiary/aromatic N) is 3. The Kier molecular flexibility index (Phi) is 3.43. The van der Waals surface area contributed by atoms with Crippen LogP contribution in [0.25, 0.3) is 10.9 Å². The fourth-order valence-corrected chi connectivity index (χ4v) is 2.82. The summed E-state index contributed by atoms with van der Waals surface area (Å²) in [5.41, 5.74) is 0.988. The van der Waals surface area contributed by atoms with Crippen molar-refractivity contribution in [1.29, 1.82) is 0 Å². The van der Waals surface area contributed by atoms with Crippen molar-refractivity contribution >= 4 is 32.7 Å². The topological polar surface area (TPSA) is 38.2 Å². The van der Waals surface area contributed by atoms with Crippen molar-refractivity contribution in [3.05, 3.63) is 30.6 Å².